The zero-order valence-electron chi connectivity index (χ0n) is 10.7. The molecule has 0 aliphatic rings. The van der Waals surface area contributed by atoms with Crippen molar-refractivity contribution in [3.63, 3.8) is 0 Å². The molecule has 17 heavy (non-hydrogen) atoms. The quantitative estimate of drug-likeness (QED) is 0.610. The van der Waals surface area contributed by atoms with Crippen LogP contribution in [0, 0.1) is 17.0 Å². The number of rotatable bonds is 6. The first-order valence-electron chi connectivity index (χ1n) is 5.99. The van der Waals surface area contributed by atoms with Crippen LogP contribution in [-0.4, -0.2) is 18.0 Å². The SMILES string of the molecule is CCCC(Cc1ccc(C)cc1[N+](=O)[O-])NC. The Bertz CT molecular complexity index is 391. The van der Waals surface area contributed by atoms with Gasteiger partial charge in [0.05, 0.1) is 4.92 Å². The van der Waals surface area contributed by atoms with Crippen LogP contribution in [0.1, 0.15) is 30.9 Å². The van der Waals surface area contributed by atoms with Crippen molar-refractivity contribution in [2.45, 2.75) is 39.2 Å². The van der Waals surface area contributed by atoms with Gasteiger partial charge >= 0.3 is 0 Å². The number of nitrogens with zero attached hydrogens (tertiary/aromatic N) is 1. The molecule has 1 unspecified atom stereocenters. The van der Waals surface area contributed by atoms with Gasteiger partial charge in [0.25, 0.3) is 5.69 Å². The molecule has 1 rings (SSSR count). The smallest absolute Gasteiger partial charge is 0.272 e. The molecule has 0 fully saturated rings. The number of nitrogens with one attached hydrogen (secondary N) is 1. The lowest BCUT2D eigenvalue weighted by molar-refractivity contribution is -0.385. The van der Waals surface area contributed by atoms with Crippen LogP contribution in [-0.2, 0) is 6.42 Å². The van der Waals surface area contributed by atoms with E-state index in [9.17, 15) is 10.1 Å². The maximum atomic E-state index is 11.0. The first-order chi connectivity index (χ1) is 8.08. The molecule has 1 aromatic rings. The van der Waals surface area contributed by atoms with E-state index in [0.717, 1.165) is 24.0 Å². The van der Waals surface area contributed by atoms with Gasteiger partial charge in [-0.2, -0.15) is 0 Å². The molecule has 1 atom stereocenters. The molecule has 0 aromatic heterocycles. The summed E-state index contributed by atoms with van der Waals surface area (Å²) in [6, 6.07) is 5.75. The standard InChI is InChI=1S/C13H20N2O2/c1-4-5-12(14-3)9-11-7-6-10(2)8-13(11)15(16)17/h6-8,12,14H,4-5,9H2,1-3H3. The van der Waals surface area contributed by atoms with E-state index >= 15 is 0 Å². The number of hydrogen-bond donors (Lipinski definition) is 1. The Kier molecular flexibility index (Phi) is 5.10. The third-order valence-electron chi connectivity index (χ3n) is 2.95. The third-order valence-corrected chi connectivity index (χ3v) is 2.95. The van der Waals surface area contributed by atoms with Gasteiger partial charge in [-0.3, -0.25) is 10.1 Å². The fourth-order valence-corrected chi connectivity index (χ4v) is 1.98. The van der Waals surface area contributed by atoms with Crippen molar-refractivity contribution in [1.82, 2.24) is 5.32 Å². The zero-order chi connectivity index (χ0) is 12.8. The van der Waals surface area contributed by atoms with E-state index in [1.807, 2.05) is 26.1 Å². The largest absolute Gasteiger partial charge is 0.317 e. The fourth-order valence-electron chi connectivity index (χ4n) is 1.98. The number of aryl methyl sites for hydroxylation is 1. The molecule has 0 saturated heterocycles. The highest BCUT2D eigenvalue weighted by Crippen LogP contribution is 2.22. The minimum absolute atomic E-state index is 0.237. The van der Waals surface area contributed by atoms with Gasteiger partial charge in [0.15, 0.2) is 0 Å². The minimum Gasteiger partial charge on any atom is -0.317 e. The summed E-state index contributed by atoms with van der Waals surface area (Å²) in [5.74, 6) is 0. The van der Waals surface area contributed by atoms with Crippen LogP contribution in [0.5, 0.6) is 0 Å². The first kappa shape index (κ1) is 13.6. The van der Waals surface area contributed by atoms with Gasteiger partial charge in [0.1, 0.15) is 0 Å². The molecule has 0 saturated carbocycles. The molecule has 0 aliphatic heterocycles. The highest BCUT2D eigenvalue weighted by molar-refractivity contribution is 5.43. The second-order valence-corrected chi connectivity index (χ2v) is 4.37. The van der Waals surface area contributed by atoms with Crippen molar-refractivity contribution < 1.29 is 4.92 Å². The fraction of sp³-hybridized carbons (Fsp3) is 0.538. The van der Waals surface area contributed by atoms with Crippen molar-refractivity contribution in [3.8, 4) is 0 Å². The van der Waals surface area contributed by atoms with Gasteiger partial charge in [0.2, 0.25) is 0 Å². The summed E-state index contributed by atoms with van der Waals surface area (Å²) >= 11 is 0. The van der Waals surface area contributed by atoms with Crippen molar-refractivity contribution in [1.29, 1.82) is 0 Å². The Balaban J connectivity index is 2.92. The van der Waals surface area contributed by atoms with E-state index < -0.39 is 0 Å². The Hall–Kier alpha value is -1.42. The molecule has 94 valence electrons. The molecular formula is C13H20N2O2. The highest BCUT2D eigenvalue weighted by Gasteiger charge is 2.16. The average Bonchev–Trinajstić information content (AvgIpc) is 2.30. The molecule has 0 bridgehead atoms. The summed E-state index contributed by atoms with van der Waals surface area (Å²) in [4.78, 5) is 10.7. The van der Waals surface area contributed by atoms with E-state index in [4.69, 9.17) is 0 Å². The predicted octanol–water partition coefficient (Wildman–Crippen LogP) is 2.83. The van der Waals surface area contributed by atoms with E-state index in [1.54, 1.807) is 6.07 Å². The molecule has 0 spiro atoms. The molecule has 1 aromatic carbocycles. The lowest BCUT2D eigenvalue weighted by Gasteiger charge is -2.15. The Morgan fingerprint density at radius 3 is 2.71 bits per heavy atom. The van der Waals surface area contributed by atoms with E-state index in [0.29, 0.717) is 12.5 Å². The maximum absolute atomic E-state index is 11.0. The molecule has 0 heterocycles. The molecule has 0 radical (unpaired) electrons. The molecule has 4 nitrogen and oxygen atoms in total. The highest BCUT2D eigenvalue weighted by atomic mass is 16.6. The summed E-state index contributed by atoms with van der Waals surface area (Å²) in [6.07, 6.45) is 2.81. The minimum atomic E-state index is -0.291. The van der Waals surface area contributed by atoms with Gasteiger partial charge in [-0.05, 0) is 32.4 Å². The number of nitro benzene ring substituents is 1. The average molecular weight is 236 g/mol. The van der Waals surface area contributed by atoms with E-state index in [-0.39, 0.29) is 10.6 Å². The van der Waals surface area contributed by atoms with Gasteiger partial charge < -0.3 is 5.32 Å². The second-order valence-electron chi connectivity index (χ2n) is 4.37. The predicted molar refractivity (Wildman–Crippen MR) is 69.3 cm³/mol. The van der Waals surface area contributed by atoms with Gasteiger partial charge in [-0.1, -0.05) is 25.5 Å². The molecule has 1 N–H and O–H groups in total. The summed E-state index contributed by atoms with van der Waals surface area (Å²) in [5, 5.41) is 14.2. The number of benzene rings is 1. The number of hydrogen-bond acceptors (Lipinski definition) is 3. The molecule has 0 amide bonds. The van der Waals surface area contributed by atoms with Crippen LogP contribution in [0.3, 0.4) is 0 Å². The van der Waals surface area contributed by atoms with Crippen LogP contribution >= 0.6 is 0 Å². The Morgan fingerprint density at radius 1 is 1.47 bits per heavy atom. The van der Waals surface area contributed by atoms with Crippen LogP contribution < -0.4 is 5.32 Å². The van der Waals surface area contributed by atoms with Crippen LogP contribution in [0.25, 0.3) is 0 Å². The molecule has 4 heteroatoms. The lowest BCUT2D eigenvalue weighted by Crippen LogP contribution is -2.27. The van der Waals surface area contributed by atoms with Crippen LogP contribution in [0.2, 0.25) is 0 Å². The monoisotopic (exact) mass is 236 g/mol. The van der Waals surface area contributed by atoms with Crippen molar-refractivity contribution >= 4 is 5.69 Å². The van der Waals surface area contributed by atoms with Gasteiger partial charge in [0, 0.05) is 17.7 Å². The molecule has 0 aliphatic carbocycles. The van der Waals surface area contributed by atoms with Gasteiger partial charge in [-0.25, -0.2) is 0 Å². The number of nitro groups is 1. The second kappa shape index (κ2) is 6.35. The summed E-state index contributed by atoms with van der Waals surface area (Å²) in [7, 11) is 1.90. The normalized spacial score (nSPS) is 12.4. The summed E-state index contributed by atoms with van der Waals surface area (Å²) in [5.41, 5.74) is 1.98. The van der Waals surface area contributed by atoms with Crippen LogP contribution in [0.4, 0.5) is 5.69 Å². The van der Waals surface area contributed by atoms with E-state index in [2.05, 4.69) is 12.2 Å². The molecular weight excluding hydrogens is 216 g/mol. The maximum Gasteiger partial charge on any atom is 0.272 e. The van der Waals surface area contributed by atoms with Crippen molar-refractivity contribution in [2.24, 2.45) is 0 Å². The summed E-state index contributed by atoms with van der Waals surface area (Å²) in [6.45, 7) is 3.99. The van der Waals surface area contributed by atoms with Crippen LogP contribution in [0.15, 0.2) is 18.2 Å². The first-order valence-corrected chi connectivity index (χ1v) is 5.99. The lowest BCUT2D eigenvalue weighted by atomic mass is 9.99. The van der Waals surface area contributed by atoms with Crippen molar-refractivity contribution in [3.05, 3.63) is 39.4 Å². The van der Waals surface area contributed by atoms with E-state index in [1.165, 1.54) is 0 Å². The van der Waals surface area contributed by atoms with Gasteiger partial charge in [-0.15, -0.1) is 0 Å². The van der Waals surface area contributed by atoms with Crippen molar-refractivity contribution in [2.75, 3.05) is 7.05 Å². The summed E-state index contributed by atoms with van der Waals surface area (Å²) < 4.78 is 0. The third kappa shape index (κ3) is 3.82. The Labute approximate surface area is 102 Å². The topological polar surface area (TPSA) is 55.2 Å². The number of likely N-dealkylation sites (N-methyl/N-ethyl adjacent to an activating group) is 1. The zero-order valence-corrected chi connectivity index (χ0v) is 10.7. The Morgan fingerprint density at radius 2 is 2.18 bits per heavy atom.